The van der Waals surface area contributed by atoms with Gasteiger partial charge in [0, 0.05) is 19.7 Å². The van der Waals surface area contributed by atoms with Crippen LogP contribution in [-0.4, -0.2) is 46.8 Å². The third-order valence-electron chi connectivity index (χ3n) is 3.27. The van der Waals surface area contributed by atoms with Crippen molar-refractivity contribution in [3.8, 4) is 0 Å². The van der Waals surface area contributed by atoms with E-state index < -0.39 is 0 Å². The fraction of sp³-hybridized carbons (Fsp3) is 0.750. The molecule has 1 fully saturated rings. The van der Waals surface area contributed by atoms with E-state index in [0.29, 0.717) is 18.5 Å². The molecule has 19 heavy (non-hydrogen) atoms. The topological polar surface area (TPSA) is 63.2 Å². The van der Waals surface area contributed by atoms with Gasteiger partial charge in [-0.1, -0.05) is 0 Å². The van der Waals surface area contributed by atoms with Crippen LogP contribution in [0.4, 0.5) is 11.9 Å². The van der Waals surface area contributed by atoms with Gasteiger partial charge < -0.3 is 15.0 Å². The van der Waals surface area contributed by atoms with Crippen LogP contribution < -0.4 is 10.2 Å². The zero-order valence-electron chi connectivity index (χ0n) is 11.6. The fourth-order valence-corrected chi connectivity index (χ4v) is 2.23. The Bertz CT molecular complexity index is 432. The number of anilines is 2. The summed E-state index contributed by atoms with van der Waals surface area (Å²) in [7, 11) is 0. The molecule has 1 saturated heterocycles. The highest BCUT2D eigenvalue weighted by molar-refractivity contribution is 6.28. The van der Waals surface area contributed by atoms with E-state index in [9.17, 15) is 0 Å². The minimum absolute atomic E-state index is 0.134. The second-order valence-electron chi connectivity index (χ2n) is 4.89. The molecule has 1 aliphatic rings. The molecule has 0 saturated carbocycles. The zero-order chi connectivity index (χ0) is 13.9. The van der Waals surface area contributed by atoms with Crippen LogP contribution in [0.3, 0.4) is 0 Å². The van der Waals surface area contributed by atoms with E-state index in [-0.39, 0.29) is 10.8 Å². The van der Waals surface area contributed by atoms with Crippen LogP contribution in [0.1, 0.15) is 27.2 Å². The predicted octanol–water partition coefficient (Wildman–Crippen LogP) is 1.96. The second-order valence-corrected chi connectivity index (χ2v) is 5.23. The normalized spacial score (nSPS) is 22.5. The molecule has 2 rings (SSSR count). The predicted molar refractivity (Wildman–Crippen MR) is 75.9 cm³/mol. The number of rotatable bonds is 5. The lowest BCUT2D eigenvalue weighted by Crippen LogP contribution is -2.36. The molecule has 0 aromatic carbocycles. The first-order valence-electron chi connectivity index (χ1n) is 6.59. The standard InChI is InChI=1S/C12H20ClN5O/c1-4-18(5-2)11-15-9(13)14-10(16-11)17-12(3)6-7-19-8-12/h4-8H2,1-3H3,(H,14,15,16,17). The Morgan fingerprint density at radius 1 is 1.32 bits per heavy atom. The lowest BCUT2D eigenvalue weighted by Gasteiger charge is -2.24. The Kier molecular flexibility index (Phi) is 4.42. The van der Waals surface area contributed by atoms with E-state index in [4.69, 9.17) is 16.3 Å². The Balaban J connectivity index is 2.21. The maximum Gasteiger partial charge on any atom is 0.231 e. The average molecular weight is 286 g/mol. The molecule has 2 heterocycles. The van der Waals surface area contributed by atoms with Gasteiger partial charge in [0.15, 0.2) is 0 Å². The monoisotopic (exact) mass is 285 g/mol. The van der Waals surface area contributed by atoms with Crippen molar-refractivity contribution in [3.63, 3.8) is 0 Å². The number of hydrogen-bond acceptors (Lipinski definition) is 6. The number of nitrogens with zero attached hydrogens (tertiary/aromatic N) is 4. The molecule has 1 atom stereocenters. The highest BCUT2D eigenvalue weighted by atomic mass is 35.5. The molecule has 106 valence electrons. The number of aromatic nitrogens is 3. The maximum absolute atomic E-state index is 5.98. The van der Waals surface area contributed by atoms with Gasteiger partial charge in [0.05, 0.1) is 12.1 Å². The van der Waals surface area contributed by atoms with E-state index in [1.54, 1.807) is 0 Å². The molecule has 1 aromatic rings. The van der Waals surface area contributed by atoms with Gasteiger partial charge in [-0.3, -0.25) is 0 Å². The summed E-state index contributed by atoms with van der Waals surface area (Å²) in [5, 5.41) is 3.51. The van der Waals surface area contributed by atoms with Crippen molar-refractivity contribution in [2.75, 3.05) is 36.5 Å². The average Bonchev–Trinajstić information content (AvgIpc) is 2.76. The molecule has 1 N–H and O–H groups in total. The quantitative estimate of drug-likeness (QED) is 0.892. The molecule has 7 heteroatoms. The van der Waals surface area contributed by atoms with Gasteiger partial charge in [0.25, 0.3) is 0 Å². The summed E-state index contributed by atoms with van der Waals surface area (Å²) >= 11 is 5.98. The molecule has 0 radical (unpaired) electrons. The van der Waals surface area contributed by atoms with Crippen molar-refractivity contribution in [1.29, 1.82) is 0 Å². The molecule has 1 aliphatic heterocycles. The summed E-state index contributed by atoms with van der Waals surface area (Å²) in [6.07, 6.45) is 0.927. The minimum Gasteiger partial charge on any atom is -0.379 e. The summed E-state index contributed by atoms with van der Waals surface area (Å²) in [4.78, 5) is 14.8. The van der Waals surface area contributed by atoms with E-state index in [2.05, 4.69) is 41.0 Å². The van der Waals surface area contributed by atoms with Crippen molar-refractivity contribution in [1.82, 2.24) is 15.0 Å². The van der Waals surface area contributed by atoms with Crippen LogP contribution in [0.15, 0.2) is 0 Å². The highest BCUT2D eigenvalue weighted by Gasteiger charge is 2.30. The lowest BCUT2D eigenvalue weighted by atomic mass is 10.0. The van der Waals surface area contributed by atoms with Gasteiger partial charge >= 0.3 is 0 Å². The van der Waals surface area contributed by atoms with E-state index >= 15 is 0 Å². The maximum atomic E-state index is 5.98. The molecule has 6 nitrogen and oxygen atoms in total. The molecule has 1 aromatic heterocycles. The first-order valence-corrected chi connectivity index (χ1v) is 6.96. The Hall–Kier alpha value is -1.14. The summed E-state index contributed by atoms with van der Waals surface area (Å²) in [5.41, 5.74) is -0.134. The van der Waals surface area contributed by atoms with Crippen LogP contribution in [0.5, 0.6) is 0 Å². The Morgan fingerprint density at radius 3 is 2.63 bits per heavy atom. The van der Waals surface area contributed by atoms with Crippen LogP contribution in [0.2, 0.25) is 5.28 Å². The fourth-order valence-electron chi connectivity index (χ4n) is 2.08. The van der Waals surface area contributed by atoms with Crippen molar-refractivity contribution < 1.29 is 4.74 Å². The van der Waals surface area contributed by atoms with Crippen molar-refractivity contribution in [3.05, 3.63) is 5.28 Å². The van der Waals surface area contributed by atoms with Crippen molar-refractivity contribution in [2.45, 2.75) is 32.7 Å². The third kappa shape index (κ3) is 3.45. The van der Waals surface area contributed by atoms with E-state index in [0.717, 1.165) is 26.1 Å². The summed E-state index contributed by atoms with van der Waals surface area (Å²) in [5.74, 6) is 1.12. The number of hydrogen-bond donors (Lipinski definition) is 1. The molecular formula is C12H20ClN5O. The van der Waals surface area contributed by atoms with Crippen LogP contribution >= 0.6 is 11.6 Å². The number of ether oxygens (including phenoxy) is 1. The molecule has 0 aliphatic carbocycles. The smallest absolute Gasteiger partial charge is 0.231 e. The summed E-state index contributed by atoms with van der Waals surface area (Å²) in [6, 6.07) is 0. The van der Waals surface area contributed by atoms with Crippen molar-refractivity contribution >= 4 is 23.5 Å². The highest BCUT2D eigenvalue weighted by Crippen LogP contribution is 2.23. The number of halogens is 1. The zero-order valence-corrected chi connectivity index (χ0v) is 12.4. The molecule has 0 spiro atoms. The van der Waals surface area contributed by atoms with Crippen LogP contribution in [0.25, 0.3) is 0 Å². The Labute approximate surface area is 118 Å². The molecule has 0 amide bonds. The van der Waals surface area contributed by atoms with Gasteiger partial charge in [0.1, 0.15) is 0 Å². The minimum atomic E-state index is -0.134. The van der Waals surface area contributed by atoms with Gasteiger partial charge in [-0.15, -0.1) is 0 Å². The first kappa shape index (κ1) is 14.3. The van der Waals surface area contributed by atoms with Gasteiger partial charge in [0.2, 0.25) is 17.2 Å². The first-order chi connectivity index (χ1) is 9.06. The van der Waals surface area contributed by atoms with Crippen LogP contribution in [-0.2, 0) is 4.74 Å². The van der Waals surface area contributed by atoms with Gasteiger partial charge in [-0.05, 0) is 38.8 Å². The molecule has 0 bridgehead atoms. The number of nitrogens with one attached hydrogen (secondary N) is 1. The Morgan fingerprint density at radius 2 is 2.05 bits per heavy atom. The van der Waals surface area contributed by atoms with E-state index in [1.165, 1.54) is 0 Å². The second kappa shape index (κ2) is 5.88. The lowest BCUT2D eigenvalue weighted by molar-refractivity contribution is 0.185. The molecular weight excluding hydrogens is 266 g/mol. The summed E-state index contributed by atoms with van der Waals surface area (Å²) < 4.78 is 5.41. The van der Waals surface area contributed by atoms with Crippen molar-refractivity contribution in [2.24, 2.45) is 0 Å². The van der Waals surface area contributed by atoms with Crippen LogP contribution in [0, 0.1) is 0 Å². The van der Waals surface area contributed by atoms with Gasteiger partial charge in [-0.2, -0.15) is 15.0 Å². The molecule has 1 unspecified atom stereocenters. The van der Waals surface area contributed by atoms with Gasteiger partial charge in [-0.25, -0.2) is 0 Å². The van der Waals surface area contributed by atoms with E-state index in [1.807, 2.05) is 4.90 Å². The summed E-state index contributed by atoms with van der Waals surface area (Å²) in [6.45, 7) is 9.27. The SMILES string of the molecule is CCN(CC)c1nc(Cl)nc(NC2(C)CCOC2)n1. The third-order valence-corrected chi connectivity index (χ3v) is 3.44. The largest absolute Gasteiger partial charge is 0.379 e.